The van der Waals surface area contributed by atoms with Gasteiger partial charge in [0, 0.05) is 11.6 Å². The zero-order valence-corrected chi connectivity index (χ0v) is 17.1. The molecular formula is C24H15ClFN3O2. The minimum absolute atomic E-state index is 0.0739. The van der Waals surface area contributed by atoms with E-state index in [0.29, 0.717) is 11.3 Å². The molecule has 0 saturated carbocycles. The fourth-order valence-corrected chi connectivity index (χ4v) is 3.53. The van der Waals surface area contributed by atoms with Crippen molar-refractivity contribution in [3.8, 4) is 11.8 Å². The Balaban J connectivity index is 2.05. The number of aromatic nitrogens is 2. The molecule has 1 aromatic heterocycles. The van der Waals surface area contributed by atoms with E-state index in [-0.39, 0.29) is 33.1 Å². The van der Waals surface area contributed by atoms with E-state index in [1.165, 1.54) is 22.8 Å². The van der Waals surface area contributed by atoms with E-state index in [2.05, 4.69) is 4.98 Å². The first-order valence-corrected chi connectivity index (χ1v) is 9.66. The molecule has 3 aromatic carbocycles. The molecule has 0 amide bonds. The molecule has 152 valence electrons. The second-order valence-corrected chi connectivity index (χ2v) is 7.32. The highest BCUT2D eigenvalue weighted by Crippen LogP contribution is 2.25. The third-order valence-corrected chi connectivity index (χ3v) is 5.11. The normalized spacial score (nSPS) is 11.5. The van der Waals surface area contributed by atoms with Gasteiger partial charge in [-0.15, -0.1) is 0 Å². The Bertz CT molecular complexity index is 1470. The van der Waals surface area contributed by atoms with Crippen molar-refractivity contribution in [2.45, 2.75) is 6.92 Å². The van der Waals surface area contributed by atoms with Crippen LogP contribution in [-0.4, -0.2) is 14.7 Å². The molecule has 1 N–H and O–H groups in total. The van der Waals surface area contributed by atoms with Crippen LogP contribution in [0.1, 0.15) is 22.5 Å². The molecule has 0 aliphatic heterocycles. The van der Waals surface area contributed by atoms with Crippen LogP contribution in [0, 0.1) is 24.1 Å². The topological polar surface area (TPSA) is 78.9 Å². The first-order chi connectivity index (χ1) is 14.9. The van der Waals surface area contributed by atoms with Gasteiger partial charge in [-0.2, -0.15) is 5.26 Å². The summed E-state index contributed by atoms with van der Waals surface area (Å²) in [6.07, 6.45) is 1.29. The molecule has 5 nitrogen and oxygen atoms in total. The fourth-order valence-electron chi connectivity index (χ4n) is 3.31. The maximum Gasteiger partial charge on any atom is 0.266 e. The highest BCUT2D eigenvalue weighted by molar-refractivity contribution is 6.32. The largest absolute Gasteiger partial charge is 0.507 e. The van der Waals surface area contributed by atoms with Crippen molar-refractivity contribution in [1.82, 2.24) is 9.55 Å². The van der Waals surface area contributed by atoms with E-state index in [4.69, 9.17) is 11.6 Å². The lowest BCUT2D eigenvalue weighted by atomic mass is 10.0. The number of aliphatic hydroxyl groups is 1. The molecule has 4 aromatic rings. The molecule has 7 heteroatoms. The van der Waals surface area contributed by atoms with Gasteiger partial charge < -0.3 is 5.11 Å². The highest BCUT2D eigenvalue weighted by atomic mass is 35.5. The van der Waals surface area contributed by atoms with E-state index in [1.54, 1.807) is 42.5 Å². The molecule has 31 heavy (non-hydrogen) atoms. The second-order valence-electron chi connectivity index (χ2n) is 6.91. The van der Waals surface area contributed by atoms with Crippen LogP contribution in [0.15, 0.2) is 65.5 Å². The molecule has 0 atom stereocenters. The van der Waals surface area contributed by atoms with Crippen LogP contribution in [0.25, 0.3) is 28.4 Å². The minimum Gasteiger partial charge on any atom is -0.507 e. The van der Waals surface area contributed by atoms with Crippen molar-refractivity contribution >= 4 is 34.3 Å². The Morgan fingerprint density at radius 1 is 1.19 bits per heavy atom. The summed E-state index contributed by atoms with van der Waals surface area (Å²) in [7, 11) is 0. The smallest absolute Gasteiger partial charge is 0.266 e. The maximum atomic E-state index is 13.8. The standard InChI is InChI=1S/C24H15ClFN3O2/c1-14-6-7-15(13-27)17(10-14)22(30)12-23-28-20-9-8-16(26)11-18(20)24(31)29(23)21-5-3-2-4-19(21)25/h2-12,30H,1H3. The number of hydrogen-bond acceptors (Lipinski definition) is 4. The van der Waals surface area contributed by atoms with E-state index < -0.39 is 11.4 Å². The predicted octanol–water partition coefficient (Wildman–Crippen LogP) is 5.41. The number of nitrogens with zero attached hydrogens (tertiary/aromatic N) is 3. The number of aliphatic hydroxyl groups excluding tert-OH is 1. The number of benzene rings is 3. The average molecular weight is 432 g/mol. The molecular weight excluding hydrogens is 417 g/mol. The van der Waals surface area contributed by atoms with Crippen molar-refractivity contribution in [3.63, 3.8) is 0 Å². The number of hydrogen-bond donors (Lipinski definition) is 1. The zero-order valence-electron chi connectivity index (χ0n) is 16.3. The Labute approximate surface area is 181 Å². The van der Waals surface area contributed by atoms with Crippen LogP contribution in [0.2, 0.25) is 5.02 Å². The van der Waals surface area contributed by atoms with Gasteiger partial charge in [-0.1, -0.05) is 35.4 Å². The third kappa shape index (κ3) is 3.79. The van der Waals surface area contributed by atoms with Crippen LogP contribution in [0.3, 0.4) is 0 Å². The van der Waals surface area contributed by atoms with E-state index in [1.807, 2.05) is 13.0 Å². The molecule has 0 bridgehead atoms. The summed E-state index contributed by atoms with van der Waals surface area (Å²) in [6, 6.07) is 17.4. The molecule has 0 aliphatic carbocycles. The van der Waals surface area contributed by atoms with Crippen LogP contribution in [-0.2, 0) is 0 Å². The number of nitriles is 1. The maximum absolute atomic E-state index is 13.8. The minimum atomic E-state index is -0.568. The van der Waals surface area contributed by atoms with Crippen LogP contribution >= 0.6 is 11.6 Å². The van der Waals surface area contributed by atoms with Crippen molar-refractivity contribution < 1.29 is 9.50 Å². The fraction of sp³-hybridized carbons (Fsp3) is 0.0417. The number of rotatable bonds is 3. The summed E-state index contributed by atoms with van der Waals surface area (Å²) < 4.78 is 15.0. The number of halogens is 2. The predicted molar refractivity (Wildman–Crippen MR) is 119 cm³/mol. The summed E-state index contributed by atoms with van der Waals surface area (Å²) in [4.78, 5) is 17.7. The molecule has 0 spiro atoms. The van der Waals surface area contributed by atoms with E-state index in [0.717, 1.165) is 11.6 Å². The summed E-state index contributed by atoms with van der Waals surface area (Å²) in [6.45, 7) is 1.83. The van der Waals surface area contributed by atoms with Gasteiger partial charge in [-0.3, -0.25) is 9.36 Å². The molecule has 0 saturated heterocycles. The second kappa shape index (κ2) is 8.05. The Morgan fingerprint density at radius 3 is 2.71 bits per heavy atom. The van der Waals surface area contributed by atoms with Crippen LogP contribution in [0.5, 0.6) is 0 Å². The third-order valence-electron chi connectivity index (χ3n) is 4.79. The van der Waals surface area contributed by atoms with Crippen LogP contribution in [0.4, 0.5) is 4.39 Å². The van der Waals surface area contributed by atoms with Gasteiger partial charge in [0.1, 0.15) is 17.4 Å². The number of aryl methyl sites for hydroxylation is 1. The molecule has 0 fully saturated rings. The monoisotopic (exact) mass is 431 g/mol. The van der Waals surface area contributed by atoms with Gasteiger partial charge in [0.25, 0.3) is 5.56 Å². The Morgan fingerprint density at radius 2 is 1.97 bits per heavy atom. The highest BCUT2D eigenvalue weighted by Gasteiger charge is 2.16. The molecule has 0 unspecified atom stereocenters. The molecule has 0 aliphatic rings. The van der Waals surface area contributed by atoms with Gasteiger partial charge in [0.05, 0.1) is 33.2 Å². The first-order valence-electron chi connectivity index (χ1n) is 9.28. The molecule has 1 heterocycles. The summed E-state index contributed by atoms with van der Waals surface area (Å²) in [5.74, 6) is -0.726. The van der Waals surface area contributed by atoms with Crippen molar-refractivity contribution in [2.75, 3.05) is 0 Å². The van der Waals surface area contributed by atoms with E-state index in [9.17, 15) is 19.6 Å². The van der Waals surface area contributed by atoms with Gasteiger partial charge in [0.2, 0.25) is 0 Å². The summed E-state index contributed by atoms with van der Waals surface area (Å²) >= 11 is 6.32. The van der Waals surface area contributed by atoms with Crippen molar-refractivity contribution in [3.05, 3.63) is 104 Å². The molecule has 4 rings (SSSR count). The van der Waals surface area contributed by atoms with Gasteiger partial charge in [-0.25, -0.2) is 9.37 Å². The van der Waals surface area contributed by atoms with Crippen LogP contribution < -0.4 is 5.56 Å². The Hall–Kier alpha value is -3.95. The lowest BCUT2D eigenvalue weighted by Gasteiger charge is -2.13. The first kappa shape index (κ1) is 20.3. The summed E-state index contributed by atoms with van der Waals surface area (Å²) in [5.41, 5.74) is 1.48. The zero-order chi connectivity index (χ0) is 22.1. The molecule has 0 radical (unpaired) electrons. The van der Waals surface area contributed by atoms with Crippen molar-refractivity contribution in [2.24, 2.45) is 0 Å². The SMILES string of the molecule is Cc1ccc(C#N)c(C(O)=Cc2nc3ccc(F)cc3c(=O)n2-c2ccccc2Cl)c1. The quantitative estimate of drug-likeness (QED) is 0.439. The van der Waals surface area contributed by atoms with Gasteiger partial charge in [0.15, 0.2) is 0 Å². The number of fused-ring (bicyclic) bond motifs is 1. The Kier molecular flexibility index (Phi) is 5.28. The van der Waals surface area contributed by atoms with Crippen molar-refractivity contribution in [1.29, 1.82) is 5.26 Å². The lowest BCUT2D eigenvalue weighted by Crippen LogP contribution is -2.23. The lowest BCUT2D eigenvalue weighted by molar-refractivity contribution is 0.514. The van der Waals surface area contributed by atoms with Gasteiger partial charge in [-0.05, 0) is 49.4 Å². The van der Waals surface area contributed by atoms with E-state index >= 15 is 0 Å². The summed E-state index contributed by atoms with van der Waals surface area (Å²) in [5, 5.41) is 20.6. The van der Waals surface area contributed by atoms with Gasteiger partial charge >= 0.3 is 0 Å². The average Bonchev–Trinajstić information content (AvgIpc) is 2.75. The number of para-hydroxylation sites is 1.